The van der Waals surface area contributed by atoms with E-state index in [1.165, 1.54) is 6.92 Å². The van der Waals surface area contributed by atoms with Gasteiger partial charge in [0.05, 0.1) is 0 Å². The molecule has 0 N–H and O–H groups in total. The molecule has 0 aromatic heterocycles. The number of hydrogen-bond acceptors (Lipinski definition) is 5. The van der Waals surface area contributed by atoms with Crippen LogP contribution in [0.25, 0.3) is 0 Å². The van der Waals surface area contributed by atoms with E-state index in [1.54, 1.807) is 6.92 Å². The largest absolute Gasteiger partial charge is 0.368 e. The van der Waals surface area contributed by atoms with Gasteiger partial charge >= 0.3 is 5.97 Å². The summed E-state index contributed by atoms with van der Waals surface area (Å²) in [5.41, 5.74) is 0.152. The maximum absolute atomic E-state index is 10.8. The van der Waals surface area contributed by atoms with Crippen molar-refractivity contribution in [1.29, 1.82) is 0 Å². The molecular formula is C9H12O5. The molecule has 5 heteroatoms. The van der Waals surface area contributed by atoms with Crippen LogP contribution in [0.4, 0.5) is 0 Å². The fourth-order valence-electron chi connectivity index (χ4n) is 0.485. The molecule has 0 amide bonds. The van der Waals surface area contributed by atoms with Crippen LogP contribution < -0.4 is 0 Å². The van der Waals surface area contributed by atoms with Crippen molar-refractivity contribution < 1.29 is 24.2 Å². The van der Waals surface area contributed by atoms with Gasteiger partial charge in [-0.05, 0) is 6.92 Å². The predicted molar refractivity (Wildman–Crippen MR) is 47.2 cm³/mol. The molecule has 0 fully saturated rings. The van der Waals surface area contributed by atoms with Crippen molar-refractivity contribution in [3.8, 4) is 0 Å². The highest BCUT2D eigenvalue weighted by Gasteiger charge is 2.13. The van der Waals surface area contributed by atoms with Gasteiger partial charge in [-0.1, -0.05) is 13.5 Å². The van der Waals surface area contributed by atoms with Crippen LogP contribution in [0.3, 0.4) is 0 Å². The quantitative estimate of drug-likeness (QED) is 0.271. The molecule has 0 rings (SSSR count). The Morgan fingerprint density at radius 2 is 1.79 bits per heavy atom. The summed E-state index contributed by atoms with van der Waals surface area (Å²) in [5, 5.41) is 0. The molecule has 0 atom stereocenters. The van der Waals surface area contributed by atoms with Crippen molar-refractivity contribution in [3.63, 3.8) is 0 Å². The van der Waals surface area contributed by atoms with Gasteiger partial charge in [0.1, 0.15) is 0 Å². The highest BCUT2D eigenvalue weighted by molar-refractivity contribution is 6.37. The van der Waals surface area contributed by atoms with Crippen molar-refractivity contribution in [3.05, 3.63) is 12.2 Å². The molecule has 0 aromatic rings. The van der Waals surface area contributed by atoms with E-state index in [0.717, 1.165) is 0 Å². The number of hydrogen-bond donors (Lipinski definition) is 0. The summed E-state index contributed by atoms with van der Waals surface area (Å²) in [6.07, 6.45) is 0.108. The minimum Gasteiger partial charge on any atom is -0.293 e. The van der Waals surface area contributed by atoms with E-state index in [2.05, 4.69) is 16.4 Å². The third-order valence-electron chi connectivity index (χ3n) is 1.31. The van der Waals surface area contributed by atoms with Crippen molar-refractivity contribution in [2.75, 3.05) is 6.61 Å². The van der Waals surface area contributed by atoms with Gasteiger partial charge in [0, 0.05) is 12.0 Å². The highest BCUT2D eigenvalue weighted by Crippen LogP contribution is 1.93. The second kappa shape index (κ2) is 6.04. The Morgan fingerprint density at radius 1 is 1.21 bits per heavy atom. The molecule has 0 aromatic carbocycles. The Morgan fingerprint density at radius 3 is 2.21 bits per heavy atom. The van der Waals surface area contributed by atoms with Crippen LogP contribution in [0.2, 0.25) is 0 Å². The number of carbonyl (C=O) groups excluding carboxylic acids is 3. The van der Waals surface area contributed by atoms with Crippen LogP contribution >= 0.6 is 0 Å². The first-order valence-electron chi connectivity index (χ1n) is 4.04. The van der Waals surface area contributed by atoms with E-state index in [9.17, 15) is 14.4 Å². The average molecular weight is 200 g/mol. The topological polar surface area (TPSA) is 69.7 Å². The first-order chi connectivity index (χ1) is 6.49. The standard InChI is InChI=1S/C9H12O5/c1-4-7(10)8(11)5-13-14-9(12)6(2)3/h2,4-5H2,1,3H3. The van der Waals surface area contributed by atoms with Gasteiger partial charge in [0.25, 0.3) is 0 Å². The molecule has 0 aliphatic carbocycles. The van der Waals surface area contributed by atoms with E-state index in [1.807, 2.05) is 0 Å². The summed E-state index contributed by atoms with van der Waals surface area (Å²) in [6.45, 7) is 5.74. The zero-order valence-corrected chi connectivity index (χ0v) is 8.16. The fourth-order valence-corrected chi connectivity index (χ4v) is 0.485. The minimum absolute atomic E-state index is 0.108. The van der Waals surface area contributed by atoms with E-state index >= 15 is 0 Å². The second-order valence-electron chi connectivity index (χ2n) is 2.61. The highest BCUT2D eigenvalue weighted by atomic mass is 17.2. The van der Waals surface area contributed by atoms with Gasteiger partial charge in [0.15, 0.2) is 6.61 Å². The Balaban J connectivity index is 3.75. The third-order valence-corrected chi connectivity index (χ3v) is 1.31. The van der Waals surface area contributed by atoms with Gasteiger partial charge in [-0.2, -0.15) is 4.89 Å². The summed E-state index contributed by atoms with van der Waals surface area (Å²) >= 11 is 0. The Hall–Kier alpha value is -1.49. The molecule has 0 aliphatic rings. The maximum atomic E-state index is 10.8. The first-order valence-corrected chi connectivity index (χ1v) is 4.04. The molecule has 0 heterocycles. The summed E-state index contributed by atoms with van der Waals surface area (Å²) in [6, 6.07) is 0. The minimum atomic E-state index is -0.762. The molecule has 14 heavy (non-hydrogen) atoms. The van der Waals surface area contributed by atoms with Crippen molar-refractivity contribution in [2.45, 2.75) is 20.3 Å². The summed E-state index contributed by atoms with van der Waals surface area (Å²) < 4.78 is 0. The van der Waals surface area contributed by atoms with Crippen molar-refractivity contribution >= 4 is 17.5 Å². The van der Waals surface area contributed by atoms with E-state index in [4.69, 9.17) is 0 Å². The molecule has 0 saturated heterocycles. The monoisotopic (exact) mass is 200 g/mol. The maximum Gasteiger partial charge on any atom is 0.368 e. The van der Waals surface area contributed by atoms with E-state index in [0.29, 0.717) is 0 Å². The number of Topliss-reactive ketones (excluding diaryl/α,β-unsaturated/α-hetero) is 2. The lowest BCUT2D eigenvalue weighted by Crippen LogP contribution is -2.20. The van der Waals surface area contributed by atoms with E-state index < -0.39 is 24.1 Å². The van der Waals surface area contributed by atoms with Crippen LogP contribution in [0, 0.1) is 0 Å². The molecule has 5 nitrogen and oxygen atoms in total. The SMILES string of the molecule is C=C(C)C(=O)OOCC(=O)C(=O)CC. The lowest BCUT2D eigenvalue weighted by Gasteiger charge is -2.01. The summed E-state index contributed by atoms with van der Waals surface area (Å²) in [5.74, 6) is -2.04. The number of carbonyl (C=O) groups is 3. The predicted octanol–water partition coefficient (Wildman–Crippen LogP) is 0.585. The van der Waals surface area contributed by atoms with Crippen molar-refractivity contribution in [1.82, 2.24) is 0 Å². The van der Waals surface area contributed by atoms with Gasteiger partial charge in [-0.15, -0.1) is 0 Å². The summed E-state index contributed by atoms with van der Waals surface area (Å²) in [7, 11) is 0. The smallest absolute Gasteiger partial charge is 0.293 e. The molecule has 0 unspecified atom stereocenters. The van der Waals surface area contributed by atoms with Crippen LogP contribution in [-0.4, -0.2) is 24.1 Å². The Kier molecular flexibility index (Phi) is 5.40. The number of ketones is 2. The number of rotatable bonds is 6. The Labute approximate surface area is 81.6 Å². The molecule has 0 bridgehead atoms. The summed E-state index contributed by atoms with van der Waals surface area (Å²) in [4.78, 5) is 40.7. The van der Waals surface area contributed by atoms with Crippen LogP contribution in [0.1, 0.15) is 20.3 Å². The van der Waals surface area contributed by atoms with Crippen LogP contribution in [0.5, 0.6) is 0 Å². The zero-order chi connectivity index (χ0) is 11.1. The van der Waals surface area contributed by atoms with Gasteiger partial charge < -0.3 is 0 Å². The lowest BCUT2D eigenvalue weighted by atomic mass is 10.2. The molecule has 0 saturated carbocycles. The second-order valence-corrected chi connectivity index (χ2v) is 2.61. The average Bonchev–Trinajstić information content (AvgIpc) is 2.15. The molecule has 0 aliphatic heterocycles. The van der Waals surface area contributed by atoms with Gasteiger partial charge in [0.2, 0.25) is 11.6 Å². The Bertz CT molecular complexity index is 266. The van der Waals surface area contributed by atoms with Crippen molar-refractivity contribution in [2.24, 2.45) is 0 Å². The zero-order valence-electron chi connectivity index (χ0n) is 8.16. The van der Waals surface area contributed by atoms with Crippen LogP contribution in [-0.2, 0) is 24.2 Å². The van der Waals surface area contributed by atoms with Gasteiger partial charge in [-0.3, -0.25) is 14.5 Å². The fraction of sp³-hybridized carbons (Fsp3) is 0.444. The third kappa shape index (κ3) is 4.51. The van der Waals surface area contributed by atoms with Gasteiger partial charge in [-0.25, -0.2) is 4.79 Å². The molecular weight excluding hydrogens is 188 g/mol. The molecule has 78 valence electrons. The molecule has 0 spiro atoms. The van der Waals surface area contributed by atoms with Crippen LogP contribution in [0.15, 0.2) is 12.2 Å². The lowest BCUT2D eigenvalue weighted by molar-refractivity contribution is -0.263. The first kappa shape index (κ1) is 12.5. The molecule has 0 radical (unpaired) electrons. The normalized spacial score (nSPS) is 9.29. The van der Waals surface area contributed by atoms with E-state index in [-0.39, 0.29) is 12.0 Å².